The van der Waals surface area contributed by atoms with Crippen LogP contribution in [0.4, 0.5) is 5.69 Å². The summed E-state index contributed by atoms with van der Waals surface area (Å²) in [5.41, 5.74) is 2.36. The molecule has 2 aromatic carbocycles. The predicted molar refractivity (Wildman–Crippen MR) is 123 cm³/mol. The molecule has 3 heterocycles. The Morgan fingerprint density at radius 3 is 2.65 bits per heavy atom. The molecule has 174 valence electrons. The van der Waals surface area contributed by atoms with E-state index >= 15 is 0 Å². The summed E-state index contributed by atoms with van der Waals surface area (Å²) in [6.07, 6.45) is 2.07. The molecule has 3 aromatic rings. The smallest absolute Gasteiger partial charge is 0.330 e. The summed E-state index contributed by atoms with van der Waals surface area (Å²) in [6.45, 7) is 2.26. The van der Waals surface area contributed by atoms with Gasteiger partial charge in [0.1, 0.15) is 12.6 Å². The first-order chi connectivity index (χ1) is 16.4. The fourth-order valence-corrected chi connectivity index (χ4v) is 6.15. The van der Waals surface area contributed by atoms with Gasteiger partial charge in [0, 0.05) is 17.7 Å². The molecule has 2 saturated heterocycles. The quantitative estimate of drug-likeness (QED) is 0.219. The maximum Gasteiger partial charge on any atom is 0.330 e. The SMILES string of the molecule is C[C@@]1(Cn2nncc2-c2ccccc2)S[C@@H]2CC(=O)N2[C@H]1C(=O)OCc1ccc([N+](=O)[O-])cc1. The molecule has 0 aliphatic carbocycles. The zero-order valence-corrected chi connectivity index (χ0v) is 19.1. The lowest BCUT2D eigenvalue weighted by Crippen LogP contribution is -2.58. The van der Waals surface area contributed by atoms with E-state index in [1.807, 2.05) is 37.3 Å². The first kappa shape index (κ1) is 22.1. The zero-order chi connectivity index (χ0) is 23.9. The molecule has 0 unspecified atom stereocenters. The summed E-state index contributed by atoms with van der Waals surface area (Å²) in [5, 5.41) is 19.1. The van der Waals surface area contributed by atoms with Crippen molar-refractivity contribution in [1.82, 2.24) is 19.9 Å². The highest BCUT2D eigenvalue weighted by Gasteiger charge is 2.61. The van der Waals surface area contributed by atoms with E-state index in [1.54, 1.807) is 39.7 Å². The number of nitrogens with zero attached hydrogens (tertiary/aromatic N) is 5. The number of carbonyl (C=O) groups excluding carboxylic acids is 2. The molecule has 2 fully saturated rings. The van der Waals surface area contributed by atoms with Crippen LogP contribution in [0.25, 0.3) is 11.3 Å². The molecule has 0 spiro atoms. The molecule has 11 heteroatoms. The van der Waals surface area contributed by atoms with Crippen LogP contribution < -0.4 is 0 Å². The third-order valence-electron chi connectivity index (χ3n) is 6.11. The van der Waals surface area contributed by atoms with E-state index in [0.29, 0.717) is 18.5 Å². The highest BCUT2D eigenvalue weighted by atomic mass is 32.2. The Bertz CT molecular complexity index is 1250. The lowest BCUT2D eigenvalue weighted by atomic mass is 9.96. The Hall–Kier alpha value is -3.73. The minimum atomic E-state index is -0.783. The molecule has 10 nitrogen and oxygen atoms in total. The molecule has 0 N–H and O–H groups in total. The topological polar surface area (TPSA) is 120 Å². The number of aromatic nitrogens is 3. The molecule has 2 aliphatic heterocycles. The van der Waals surface area contributed by atoms with Crippen LogP contribution in [0.2, 0.25) is 0 Å². The molecule has 2 aliphatic rings. The molecular formula is C23H21N5O5S. The molecule has 1 aromatic heterocycles. The average molecular weight is 480 g/mol. The fourth-order valence-electron chi connectivity index (χ4n) is 4.42. The van der Waals surface area contributed by atoms with Crippen LogP contribution in [0.5, 0.6) is 0 Å². The van der Waals surface area contributed by atoms with Crippen LogP contribution in [0.1, 0.15) is 18.9 Å². The van der Waals surface area contributed by atoms with Gasteiger partial charge in [0.15, 0.2) is 0 Å². The van der Waals surface area contributed by atoms with Gasteiger partial charge in [0.2, 0.25) is 5.91 Å². The first-order valence-corrected chi connectivity index (χ1v) is 11.6. The number of β-lactam (4-membered cyclic amide) rings is 1. The van der Waals surface area contributed by atoms with Gasteiger partial charge in [0.05, 0.1) is 39.9 Å². The van der Waals surface area contributed by atoms with Crippen LogP contribution in [-0.2, 0) is 27.5 Å². The van der Waals surface area contributed by atoms with Gasteiger partial charge in [-0.3, -0.25) is 14.9 Å². The monoisotopic (exact) mass is 479 g/mol. The number of fused-ring (bicyclic) bond motifs is 1. The molecule has 0 saturated carbocycles. The highest BCUT2D eigenvalue weighted by Crippen LogP contribution is 2.52. The molecule has 0 radical (unpaired) electrons. The van der Waals surface area contributed by atoms with E-state index in [0.717, 1.165) is 11.3 Å². The van der Waals surface area contributed by atoms with Crippen molar-refractivity contribution < 1.29 is 19.2 Å². The molecule has 5 rings (SSSR count). The van der Waals surface area contributed by atoms with Gasteiger partial charge in [-0.05, 0) is 24.6 Å². The highest BCUT2D eigenvalue weighted by molar-refractivity contribution is 8.01. The maximum atomic E-state index is 13.2. The van der Waals surface area contributed by atoms with Crippen molar-refractivity contribution in [3.05, 3.63) is 76.5 Å². The van der Waals surface area contributed by atoms with Gasteiger partial charge < -0.3 is 9.64 Å². The summed E-state index contributed by atoms with van der Waals surface area (Å²) < 4.78 is 6.66. The molecule has 1 amide bonds. The van der Waals surface area contributed by atoms with E-state index in [2.05, 4.69) is 10.3 Å². The van der Waals surface area contributed by atoms with Crippen LogP contribution >= 0.6 is 11.8 Å². The number of amides is 1. The number of nitro benzene ring substituents is 1. The second-order valence-electron chi connectivity index (χ2n) is 8.47. The number of thioether (sulfide) groups is 1. The number of carbonyl (C=O) groups is 2. The van der Waals surface area contributed by atoms with Crippen LogP contribution in [0.15, 0.2) is 60.8 Å². The summed E-state index contributed by atoms with van der Waals surface area (Å²) in [4.78, 5) is 37.6. The van der Waals surface area contributed by atoms with Gasteiger partial charge in [0.25, 0.3) is 5.69 Å². The first-order valence-electron chi connectivity index (χ1n) is 10.7. The zero-order valence-electron chi connectivity index (χ0n) is 18.2. The van der Waals surface area contributed by atoms with Crippen molar-refractivity contribution in [3.8, 4) is 11.3 Å². The average Bonchev–Trinajstić information content (AvgIpc) is 3.37. The normalized spacial score (nSPS) is 23.3. The second-order valence-corrected chi connectivity index (χ2v) is 10.2. The third-order valence-corrected chi connectivity index (χ3v) is 7.67. The van der Waals surface area contributed by atoms with Crippen molar-refractivity contribution in [2.75, 3.05) is 0 Å². The molecule has 0 bridgehead atoms. The number of non-ortho nitro benzene ring substituents is 1. The lowest BCUT2D eigenvalue weighted by Gasteiger charge is -2.37. The van der Waals surface area contributed by atoms with Crippen LogP contribution in [0.3, 0.4) is 0 Å². The van der Waals surface area contributed by atoms with Gasteiger partial charge >= 0.3 is 5.97 Å². The second kappa shape index (κ2) is 8.56. The summed E-state index contributed by atoms with van der Waals surface area (Å²) in [6, 6.07) is 14.8. The number of nitro groups is 1. The van der Waals surface area contributed by atoms with Crippen molar-refractivity contribution in [1.29, 1.82) is 0 Å². The Labute approximate surface area is 199 Å². The molecule has 3 atom stereocenters. The summed E-state index contributed by atoms with van der Waals surface area (Å²) >= 11 is 1.57. The fraction of sp³-hybridized carbons (Fsp3) is 0.304. The maximum absolute atomic E-state index is 13.2. The van der Waals surface area contributed by atoms with Crippen molar-refractivity contribution >= 4 is 29.3 Å². The van der Waals surface area contributed by atoms with E-state index in [1.165, 1.54) is 12.1 Å². The standard InChI is InChI=1S/C23H21N5O5S/c1-23(14-26-18(12-24-25-26)16-5-3-2-4-6-16)21(27-19(29)11-20(27)34-23)22(30)33-13-15-7-9-17(10-8-15)28(31)32/h2-10,12,20-21H,11,13-14H2,1H3/t20-,21+,23+/m1/s1. The number of rotatable bonds is 7. The van der Waals surface area contributed by atoms with E-state index in [4.69, 9.17) is 4.74 Å². The number of ether oxygens (including phenoxy) is 1. The lowest BCUT2D eigenvalue weighted by molar-refractivity contribution is -0.384. The number of esters is 1. The van der Waals surface area contributed by atoms with Gasteiger partial charge in [-0.1, -0.05) is 35.5 Å². The number of hydrogen-bond donors (Lipinski definition) is 0. The van der Waals surface area contributed by atoms with Gasteiger partial charge in [-0.25, -0.2) is 9.48 Å². The van der Waals surface area contributed by atoms with E-state index in [-0.39, 0.29) is 23.6 Å². The Balaban J connectivity index is 1.36. The van der Waals surface area contributed by atoms with Crippen molar-refractivity contribution in [2.24, 2.45) is 0 Å². The third kappa shape index (κ3) is 3.92. The van der Waals surface area contributed by atoms with Crippen molar-refractivity contribution in [2.45, 2.75) is 42.7 Å². The number of benzene rings is 2. The van der Waals surface area contributed by atoms with Gasteiger partial charge in [-0.15, -0.1) is 16.9 Å². The Morgan fingerprint density at radius 1 is 1.24 bits per heavy atom. The summed E-state index contributed by atoms with van der Waals surface area (Å²) in [5.74, 6) is -0.592. The predicted octanol–water partition coefficient (Wildman–Crippen LogP) is 3.03. The van der Waals surface area contributed by atoms with E-state index in [9.17, 15) is 19.7 Å². The van der Waals surface area contributed by atoms with Crippen LogP contribution in [0, 0.1) is 10.1 Å². The van der Waals surface area contributed by atoms with Crippen molar-refractivity contribution in [3.63, 3.8) is 0 Å². The molecule has 34 heavy (non-hydrogen) atoms. The van der Waals surface area contributed by atoms with Crippen LogP contribution in [-0.4, -0.2) is 52.9 Å². The minimum Gasteiger partial charge on any atom is -0.459 e. The molecular weight excluding hydrogens is 458 g/mol. The largest absolute Gasteiger partial charge is 0.459 e. The number of hydrogen-bond acceptors (Lipinski definition) is 8. The van der Waals surface area contributed by atoms with Gasteiger partial charge in [-0.2, -0.15) is 0 Å². The minimum absolute atomic E-state index is 0.0362. The summed E-state index contributed by atoms with van der Waals surface area (Å²) in [7, 11) is 0. The Morgan fingerprint density at radius 2 is 1.97 bits per heavy atom. The van der Waals surface area contributed by atoms with E-state index < -0.39 is 21.7 Å². The Kier molecular flexibility index (Phi) is 5.56.